The number of hydrogen-bond donors (Lipinski definition) is 0. The van der Waals surface area contributed by atoms with Crippen molar-refractivity contribution in [2.75, 3.05) is 13.1 Å². The van der Waals surface area contributed by atoms with Crippen molar-refractivity contribution in [2.24, 2.45) is 9.98 Å². The summed E-state index contributed by atoms with van der Waals surface area (Å²) < 4.78 is 0. The molecule has 0 atom stereocenters. The Morgan fingerprint density at radius 3 is 1.39 bits per heavy atom. The Hall–Kier alpha value is -2.22. The van der Waals surface area contributed by atoms with E-state index >= 15 is 0 Å². The molecule has 0 spiro atoms. The molecule has 0 saturated carbocycles. The van der Waals surface area contributed by atoms with E-state index in [1.807, 2.05) is 73.1 Å². The zero-order chi connectivity index (χ0) is 12.5. The molecule has 0 heterocycles. The Morgan fingerprint density at radius 2 is 1.00 bits per heavy atom. The molecule has 0 radical (unpaired) electrons. The van der Waals surface area contributed by atoms with Gasteiger partial charge >= 0.3 is 0 Å². The van der Waals surface area contributed by atoms with Gasteiger partial charge in [0.2, 0.25) is 0 Å². The maximum absolute atomic E-state index is 4.33. The molecule has 2 rings (SSSR count). The highest BCUT2D eigenvalue weighted by atomic mass is 14.8. The van der Waals surface area contributed by atoms with E-state index in [2.05, 4.69) is 9.98 Å². The lowest BCUT2D eigenvalue weighted by molar-refractivity contribution is 0.985. The van der Waals surface area contributed by atoms with Crippen LogP contribution in [0, 0.1) is 0 Å². The van der Waals surface area contributed by atoms with Gasteiger partial charge in [0.25, 0.3) is 0 Å². The summed E-state index contributed by atoms with van der Waals surface area (Å²) in [5, 5.41) is 0. The van der Waals surface area contributed by atoms with Crippen LogP contribution in [0.1, 0.15) is 11.1 Å². The lowest BCUT2D eigenvalue weighted by atomic mass is 10.2. The van der Waals surface area contributed by atoms with E-state index in [9.17, 15) is 0 Å². The molecule has 0 unspecified atom stereocenters. The molecule has 0 amide bonds. The molecule has 0 fully saturated rings. The van der Waals surface area contributed by atoms with Crippen molar-refractivity contribution in [2.45, 2.75) is 0 Å². The first-order valence-corrected chi connectivity index (χ1v) is 6.05. The smallest absolute Gasteiger partial charge is 0.0585 e. The summed E-state index contributed by atoms with van der Waals surface area (Å²) >= 11 is 0. The van der Waals surface area contributed by atoms with E-state index in [0.29, 0.717) is 0 Å². The minimum Gasteiger partial charge on any atom is -0.291 e. The average molecular weight is 236 g/mol. The highest BCUT2D eigenvalue weighted by Crippen LogP contribution is 1.95. The normalized spacial score (nSPS) is 11.3. The van der Waals surface area contributed by atoms with Crippen LogP contribution in [0.25, 0.3) is 0 Å². The van der Waals surface area contributed by atoms with Crippen molar-refractivity contribution < 1.29 is 0 Å². The maximum atomic E-state index is 4.33. The van der Waals surface area contributed by atoms with Crippen molar-refractivity contribution in [1.82, 2.24) is 0 Å². The second-order valence-electron chi connectivity index (χ2n) is 3.89. The minimum absolute atomic E-state index is 0.720. The molecule has 2 aromatic rings. The van der Waals surface area contributed by atoms with Gasteiger partial charge in [-0.25, -0.2) is 0 Å². The van der Waals surface area contributed by atoms with Crippen molar-refractivity contribution in [3.8, 4) is 0 Å². The molecule has 0 N–H and O–H groups in total. The third kappa shape index (κ3) is 4.34. The fraction of sp³-hybridized carbons (Fsp3) is 0.125. The second kappa shape index (κ2) is 7.17. The van der Waals surface area contributed by atoms with Crippen LogP contribution in [-0.2, 0) is 0 Å². The summed E-state index contributed by atoms with van der Waals surface area (Å²) in [6, 6.07) is 20.2. The highest BCUT2D eigenvalue weighted by Gasteiger charge is 1.84. The fourth-order valence-corrected chi connectivity index (χ4v) is 1.53. The van der Waals surface area contributed by atoms with Crippen molar-refractivity contribution >= 4 is 12.4 Å². The molecular weight excluding hydrogens is 220 g/mol. The lowest BCUT2D eigenvalue weighted by Gasteiger charge is -1.92. The molecule has 0 bridgehead atoms. The van der Waals surface area contributed by atoms with Crippen LogP contribution in [0.15, 0.2) is 70.6 Å². The summed E-state index contributed by atoms with van der Waals surface area (Å²) in [5.74, 6) is 0. The van der Waals surface area contributed by atoms with Gasteiger partial charge in [0.05, 0.1) is 13.1 Å². The van der Waals surface area contributed by atoms with Crippen molar-refractivity contribution in [3.05, 3.63) is 71.8 Å². The molecule has 0 saturated heterocycles. The van der Waals surface area contributed by atoms with Crippen LogP contribution in [-0.4, -0.2) is 25.5 Å². The summed E-state index contributed by atoms with van der Waals surface area (Å²) in [4.78, 5) is 8.67. The number of hydrogen-bond acceptors (Lipinski definition) is 2. The third-order valence-corrected chi connectivity index (χ3v) is 2.44. The first-order chi connectivity index (χ1) is 8.95. The molecule has 2 nitrogen and oxygen atoms in total. The van der Waals surface area contributed by atoms with Crippen LogP contribution in [0.5, 0.6) is 0 Å². The van der Waals surface area contributed by atoms with E-state index in [1.165, 1.54) is 0 Å². The number of aliphatic imine (C=N–C) groups is 2. The van der Waals surface area contributed by atoms with Crippen LogP contribution in [0.3, 0.4) is 0 Å². The minimum atomic E-state index is 0.720. The van der Waals surface area contributed by atoms with Gasteiger partial charge in [-0.1, -0.05) is 60.7 Å². The number of benzene rings is 2. The van der Waals surface area contributed by atoms with E-state index in [4.69, 9.17) is 0 Å². The monoisotopic (exact) mass is 236 g/mol. The molecule has 2 heteroatoms. The highest BCUT2D eigenvalue weighted by molar-refractivity contribution is 5.80. The first-order valence-electron chi connectivity index (χ1n) is 6.05. The maximum Gasteiger partial charge on any atom is 0.0585 e. The largest absolute Gasteiger partial charge is 0.291 e. The molecular formula is C16H16N2. The first kappa shape index (κ1) is 12.2. The van der Waals surface area contributed by atoms with Gasteiger partial charge in [0.15, 0.2) is 0 Å². The van der Waals surface area contributed by atoms with Crippen LogP contribution in [0.2, 0.25) is 0 Å². The van der Waals surface area contributed by atoms with Gasteiger partial charge < -0.3 is 0 Å². The van der Waals surface area contributed by atoms with Gasteiger partial charge in [-0.2, -0.15) is 0 Å². The Balaban J connectivity index is 1.73. The quantitative estimate of drug-likeness (QED) is 0.562. The third-order valence-electron chi connectivity index (χ3n) is 2.44. The SMILES string of the molecule is C(=N\CC/N=C/c1ccccc1)/c1ccccc1. The predicted molar refractivity (Wildman–Crippen MR) is 77.8 cm³/mol. The number of rotatable bonds is 5. The van der Waals surface area contributed by atoms with E-state index in [1.54, 1.807) is 0 Å². The zero-order valence-corrected chi connectivity index (χ0v) is 10.2. The van der Waals surface area contributed by atoms with Crippen LogP contribution < -0.4 is 0 Å². The van der Waals surface area contributed by atoms with E-state index < -0.39 is 0 Å². The van der Waals surface area contributed by atoms with Crippen LogP contribution in [0.4, 0.5) is 0 Å². The standard InChI is InChI=1S/C16H16N2/c1-3-7-15(8-4-1)13-17-11-12-18-14-16-9-5-2-6-10-16/h1-10,13-14H,11-12H2/b17-13+,18-14+. The van der Waals surface area contributed by atoms with Crippen LogP contribution >= 0.6 is 0 Å². The summed E-state index contributed by atoms with van der Waals surface area (Å²) in [7, 11) is 0. The topological polar surface area (TPSA) is 24.7 Å². The van der Waals surface area contributed by atoms with Gasteiger partial charge in [-0.3, -0.25) is 9.98 Å². The second-order valence-corrected chi connectivity index (χ2v) is 3.89. The van der Waals surface area contributed by atoms with E-state index in [-0.39, 0.29) is 0 Å². The molecule has 90 valence electrons. The Morgan fingerprint density at radius 1 is 0.611 bits per heavy atom. The molecule has 0 aliphatic carbocycles. The summed E-state index contributed by atoms with van der Waals surface area (Å²) in [6.45, 7) is 1.44. The molecule has 0 aliphatic rings. The Labute approximate surface area is 108 Å². The Kier molecular flexibility index (Phi) is 4.88. The predicted octanol–water partition coefficient (Wildman–Crippen LogP) is 3.22. The van der Waals surface area contributed by atoms with Gasteiger partial charge in [-0.05, 0) is 11.1 Å². The van der Waals surface area contributed by atoms with Crippen molar-refractivity contribution in [1.29, 1.82) is 0 Å². The average Bonchev–Trinajstić information content (AvgIpc) is 2.45. The molecule has 0 aromatic heterocycles. The molecule has 18 heavy (non-hydrogen) atoms. The lowest BCUT2D eigenvalue weighted by Crippen LogP contribution is -1.90. The molecule has 0 aliphatic heterocycles. The van der Waals surface area contributed by atoms with Gasteiger partial charge in [-0.15, -0.1) is 0 Å². The van der Waals surface area contributed by atoms with E-state index in [0.717, 1.165) is 24.2 Å². The zero-order valence-electron chi connectivity index (χ0n) is 10.2. The van der Waals surface area contributed by atoms with Crippen molar-refractivity contribution in [3.63, 3.8) is 0 Å². The number of nitrogens with zero attached hydrogens (tertiary/aromatic N) is 2. The molecule has 2 aromatic carbocycles. The summed E-state index contributed by atoms with van der Waals surface area (Å²) in [6.07, 6.45) is 3.77. The van der Waals surface area contributed by atoms with Gasteiger partial charge in [0.1, 0.15) is 0 Å². The van der Waals surface area contributed by atoms with Gasteiger partial charge in [0, 0.05) is 12.4 Å². The summed E-state index contributed by atoms with van der Waals surface area (Å²) in [5.41, 5.74) is 2.26. The fourth-order valence-electron chi connectivity index (χ4n) is 1.53. The Bertz CT molecular complexity index is 452.